The van der Waals surface area contributed by atoms with Gasteiger partial charge in [0, 0.05) is 25.6 Å². The number of aryl methyl sites for hydroxylation is 2. The largest absolute Gasteiger partial charge is 0.381 e. The summed E-state index contributed by atoms with van der Waals surface area (Å²) in [6.45, 7) is 7.85. The van der Waals surface area contributed by atoms with Crippen LogP contribution >= 0.6 is 11.6 Å². The van der Waals surface area contributed by atoms with E-state index in [1.807, 2.05) is 18.7 Å². The molecule has 19 heavy (non-hydrogen) atoms. The predicted molar refractivity (Wildman–Crippen MR) is 77.7 cm³/mol. The molecule has 4 nitrogen and oxygen atoms in total. The Labute approximate surface area is 120 Å². The molecule has 1 N–H and O–H groups in total. The van der Waals surface area contributed by atoms with Crippen LogP contribution in [-0.2, 0) is 18.2 Å². The molecule has 2 heterocycles. The molecule has 0 aliphatic carbocycles. The molecular weight excluding hydrogens is 262 g/mol. The Kier molecular flexibility index (Phi) is 4.87. The summed E-state index contributed by atoms with van der Waals surface area (Å²) in [5.41, 5.74) is 2.21. The molecule has 0 bridgehead atoms. The highest BCUT2D eigenvalue weighted by Crippen LogP contribution is 2.34. The maximum Gasteiger partial charge on any atom is 0.0847 e. The molecule has 1 saturated heterocycles. The fraction of sp³-hybridized carbons (Fsp3) is 0.786. The van der Waals surface area contributed by atoms with Gasteiger partial charge in [-0.05, 0) is 32.7 Å². The number of hydrogen-bond donors (Lipinski definition) is 1. The summed E-state index contributed by atoms with van der Waals surface area (Å²) in [7, 11) is 1.97. The molecular formula is C14H24ClN3O. The Morgan fingerprint density at radius 1 is 1.53 bits per heavy atom. The molecule has 5 heteroatoms. The molecule has 2 rings (SSSR count). The SMILES string of the molecule is CCCNCC1(Cc2c(Cl)c(C)nn2C)CCOC1. The van der Waals surface area contributed by atoms with E-state index >= 15 is 0 Å². The van der Waals surface area contributed by atoms with Gasteiger partial charge < -0.3 is 10.1 Å². The van der Waals surface area contributed by atoms with Crippen molar-refractivity contribution in [2.75, 3.05) is 26.3 Å². The molecule has 1 aromatic heterocycles. The quantitative estimate of drug-likeness (QED) is 0.816. The number of nitrogens with zero attached hydrogens (tertiary/aromatic N) is 2. The first kappa shape index (κ1) is 14.8. The summed E-state index contributed by atoms with van der Waals surface area (Å²) in [6.07, 6.45) is 3.17. The maximum atomic E-state index is 6.37. The van der Waals surface area contributed by atoms with Gasteiger partial charge in [-0.15, -0.1) is 0 Å². The van der Waals surface area contributed by atoms with Gasteiger partial charge in [0.2, 0.25) is 0 Å². The third kappa shape index (κ3) is 3.30. The molecule has 1 aliphatic rings. The molecule has 0 aromatic carbocycles. The van der Waals surface area contributed by atoms with Crippen LogP contribution in [0.5, 0.6) is 0 Å². The lowest BCUT2D eigenvalue weighted by Crippen LogP contribution is -2.37. The van der Waals surface area contributed by atoms with Crippen LogP contribution in [0.4, 0.5) is 0 Å². The van der Waals surface area contributed by atoms with Gasteiger partial charge in [0.1, 0.15) is 0 Å². The van der Waals surface area contributed by atoms with Crippen molar-refractivity contribution in [2.45, 2.75) is 33.1 Å². The van der Waals surface area contributed by atoms with Crippen LogP contribution in [0.2, 0.25) is 5.02 Å². The molecule has 0 saturated carbocycles. The topological polar surface area (TPSA) is 39.1 Å². The van der Waals surface area contributed by atoms with Crippen molar-refractivity contribution in [3.05, 3.63) is 16.4 Å². The van der Waals surface area contributed by atoms with Crippen LogP contribution in [0.1, 0.15) is 31.2 Å². The monoisotopic (exact) mass is 285 g/mol. The number of nitrogens with one attached hydrogen (secondary N) is 1. The van der Waals surface area contributed by atoms with E-state index in [1.54, 1.807) is 0 Å². The van der Waals surface area contributed by atoms with Gasteiger partial charge in [-0.3, -0.25) is 4.68 Å². The standard InChI is InChI=1S/C14H24ClN3O/c1-4-6-16-9-14(5-7-19-10-14)8-12-13(15)11(2)17-18(12)3/h16H,4-10H2,1-3H3. The smallest absolute Gasteiger partial charge is 0.0847 e. The molecule has 1 atom stereocenters. The van der Waals surface area contributed by atoms with Crippen LogP contribution in [0.25, 0.3) is 0 Å². The molecule has 0 amide bonds. The fourth-order valence-electron chi connectivity index (χ4n) is 2.75. The van der Waals surface area contributed by atoms with E-state index in [-0.39, 0.29) is 5.41 Å². The third-order valence-corrected chi connectivity index (χ3v) is 4.41. The van der Waals surface area contributed by atoms with E-state index in [2.05, 4.69) is 17.3 Å². The second-order valence-electron chi connectivity index (χ2n) is 5.63. The van der Waals surface area contributed by atoms with Crippen molar-refractivity contribution >= 4 is 11.6 Å². The van der Waals surface area contributed by atoms with Gasteiger partial charge in [0.05, 0.1) is 23.0 Å². The lowest BCUT2D eigenvalue weighted by atomic mass is 9.82. The minimum atomic E-state index is 0.166. The second kappa shape index (κ2) is 6.25. The van der Waals surface area contributed by atoms with Gasteiger partial charge in [-0.2, -0.15) is 5.10 Å². The van der Waals surface area contributed by atoms with Crippen LogP contribution in [0, 0.1) is 12.3 Å². The summed E-state index contributed by atoms with van der Waals surface area (Å²) in [5, 5.41) is 8.74. The van der Waals surface area contributed by atoms with E-state index in [9.17, 15) is 0 Å². The average molecular weight is 286 g/mol. The summed E-state index contributed by atoms with van der Waals surface area (Å²) in [6, 6.07) is 0. The summed E-state index contributed by atoms with van der Waals surface area (Å²) in [5.74, 6) is 0. The average Bonchev–Trinajstić information content (AvgIpc) is 2.92. The highest BCUT2D eigenvalue weighted by molar-refractivity contribution is 6.31. The Balaban J connectivity index is 2.11. The normalized spacial score (nSPS) is 23.2. The molecule has 0 radical (unpaired) electrons. The summed E-state index contributed by atoms with van der Waals surface area (Å²) in [4.78, 5) is 0. The maximum absolute atomic E-state index is 6.37. The minimum absolute atomic E-state index is 0.166. The third-order valence-electron chi connectivity index (χ3n) is 3.92. The van der Waals surface area contributed by atoms with Crippen molar-refractivity contribution in [3.63, 3.8) is 0 Å². The predicted octanol–water partition coefficient (Wildman–Crippen LogP) is 2.33. The number of hydrogen-bond acceptors (Lipinski definition) is 3. The summed E-state index contributed by atoms with van der Waals surface area (Å²) < 4.78 is 7.55. The van der Waals surface area contributed by atoms with Gasteiger partial charge in [0.25, 0.3) is 0 Å². The van der Waals surface area contributed by atoms with Gasteiger partial charge in [0.15, 0.2) is 0 Å². The Morgan fingerprint density at radius 2 is 2.32 bits per heavy atom. The zero-order chi connectivity index (χ0) is 13.9. The van der Waals surface area contributed by atoms with Gasteiger partial charge in [-0.1, -0.05) is 18.5 Å². The number of ether oxygens (including phenoxy) is 1. The van der Waals surface area contributed by atoms with Crippen LogP contribution in [0.3, 0.4) is 0 Å². The Morgan fingerprint density at radius 3 is 2.84 bits per heavy atom. The lowest BCUT2D eigenvalue weighted by Gasteiger charge is -2.28. The fourth-order valence-corrected chi connectivity index (χ4v) is 2.98. The Bertz CT molecular complexity index is 425. The molecule has 1 fully saturated rings. The highest BCUT2D eigenvalue weighted by atomic mass is 35.5. The number of rotatable bonds is 6. The van der Waals surface area contributed by atoms with Crippen LogP contribution < -0.4 is 5.32 Å². The highest BCUT2D eigenvalue weighted by Gasteiger charge is 2.36. The van der Waals surface area contributed by atoms with Gasteiger partial charge >= 0.3 is 0 Å². The van der Waals surface area contributed by atoms with E-state index in [0.717, 1.165) is 62.0 Å². The Hall–Kier alpha value is -0.580. The zero-order valence-corrected chi connectivity index (χ0v) is 12.9. The van der Waals surface area contributed by atoms with Gasteiger partial charge in [-0.25, -0.2) is 0 Å². The molecule has 1 aromatic rings. The molecule has 108 valence electrons. The van der Waals surface area contributed by atoms with Crippen molar-refractivity contribution in [3.8, 4) is 0 Å². The molecule has 1 aliphatic heterocycles. The van der Waals surface area contributed by atoms with Crippen molar-refractivity contribution in [2.24, 2.45) is 12.5 Å². The van der Waals surface area contributed by atoms with E-state index < -0.39 is 0 Å². The van der Waals surface area contributed by atoms with Crippen molar-refractivity contribution in [1.29, 1.82) is 0 Å². The number of aromatic nitrogens is 2. The van der Waals surface area contributed by atoms with Crippen LogP contribution in [-0.4, -0.2) is 36.1 Å². The lowest BCUT2D eigenvalue weighted by molar-refractivity contribution is 0.148. The zero-order valence-electron chi connectivity index (χ0n) is 12.1. The molecule has 1 unspecified atom stereocenters. The summed E-state index contributed by atoms with van der Waals surface area (Å²) >= 11 is 6.37. The van der Waals surface area contributed by atoms with Crippen molar-refractivity contribution < 1.29 is 4.74 Å². The van der Waals surface area contributed by atoms with E-state index in [0.29, 0.717) is 0 Å². The number of halogens is 1. The first-order valence-corrected chi connectivity index (χ1v) is 7.42. The van der Waals surface area contributed by atoms with E-state index in [1.165, 1.54) is 0 Å². The van der Waals surface area contributed by atoms with E-state index in [4.69, 9.17) is 16.3 Å². The molecule has 0 spiro atoms. The first-order valence-electron chi connectivity index (χ1n) is 7.04. The first-order chi connectivity index (χ1) is 9.08. The minimum Gasteiger partial charge on any atom is -0.381 e. The van der Waals surface area contributed by atoms with Crippen molar-refractivity contribution in [1.82, 2.24) is 15.1 Å². The second-order valence-corrected chi connectivity index (χ2v) is 6.00. The van der Waals surface area contributed by atoms with Crippen LogP contribution in [0.15, 0.2) is 0 Å².